The van der Waals surface area contributed by atoms with Crippen LogP contribution in [0.4, 0.5) is 13.2 Å². The molecule has 0 spiro atoms. The zero-order chi connectivity index (χ0) is 22.0. The second-order valence-corrected chi connectivity index (χ2v) is 6.96. The van der Waals surface area contributed by atoms with Gasteiger partial charge in [-0.05, 0) is 30.3 Å². The molecule has 0 atom stereocenters. The number of nitrogens with one attached hydrogen (secondary N) is 1. The van der Waals surface area contributed by atoms with E-state index in [0.29, 0.717) is 40.8 Å². The van der Waals surface area contributed by atoms with Gasteiger partial charge >= 0.3 is 6.18 Å². The van der Waals surface area contributed by atoms with E-state index < -0.39 is 11.7 Å². The Bertz CT molecular complexity index is 1220. The van der Waals surface area contributed by atoms with Gasteiger partial charge in [0.05, 0.1) is 28.4 Å². The van der Waals surface area contributed by atoms with Crippen LogP contribution in [-0.2, 0) is 19.6 Å². The molecule has 31 heavy (non-hydrogen) atoms. The van der Waals surface area contributed by atoms with Crippen LogP contribution in [0.1, 0.15) is 21.6 Å². The third kappa shape index (κ3) is 4.40. The van der Waals surface area contributed by atoms with Gasteiger partial charge in [-0.15, -0.1) is 0 Å². The average molecular weight is 425 g/mol. The highest BCUT2D eigenvalue weighted by atomic mass is 19.4. The van der Waals surface area contributed by atoms with Gasteiger partial charge in [0.1, 0.15) is 0 Å². The fourth-order valence-electron chi connectivity index (χ4n) is 3.23. The first kappa shape index (κ1) is 20.5. The number of rotatable bonds is 5. The molecule has 158 valence electrons. The molecule has 6 nitrogen and oxygen atoms in total. The van der Waals surface area contributed by atoms with E-state index in [0.717, 1.165) is 17.8 Å². The highest BCUT2D eigenvalue weighted by Gasteiger charge is 2.30. The topological polar surface area (TPSA) is 72.7 Å². The lowest BCUT2D eigenvalue weighted by Crippen LogP contribution is -2.26. The van der Waals surface area contributed by atoms with Crippen molar-refractivity contribution in [2.24, 2.45) is 7.05 Å². The van der Waals surface area contributed by atoms with Gasteiger partial charge in [-0.2, -0.15) is 18.3 Å². The Morgan fingerprint density at radius 3 is 2.58 bits per heavy atom. The molecule has 1 amide bonds. The summed E-state index contributed by atoms with van der Waals surface area (Å²) in [5, 5.41) is 7.59. The van der Waals surface area contributed by atoms with Crippen molar-refractivity contribution >= 4 is 16.9 Å². The van der Waals surface area contributed by atoms with E-state index in [1.54, 1.807) is 25.5 Å². The minimum Gasteiger partial charge on any atom is -0.352 e. The molecule has 4 rings (SSSR count). The molecule has 0 aliphatic rings. The van der Waals surface area contributed by atoms with Gasteiger partial charge < -0.3 is 5.32 Å². The Hall–Kier alpha value is -3.75. The number of carbonyl (C=O) groups is 1. The summed E-state index contributed by atoms with van der Waals surface area (Å²) in [4.78, 5) is 21.6. The van der Waals surface area contributed by atoms with Crippen molar-refractivity contribution in [3.63, 3.8) is 0 Å². The fourth-order valence-corrected chi connectivity index (χ4v) is 3.23. The SMILES string of the molecule is Cn1ncc2c(C(=O)NCCc3ccccn3)cc(-c3ccc(C(F)(F)F)cc3)nc21. The van der Waals surface area contributed by atoms with Crippen LogP contribution in [0, 0.1) is 0 Å². The summed E-state index contributed by atoms with van der Waals surface area (Å²) < 4.78 is 40.1. The van der Waals surface area contributed by atoms with Crippen molar-refractivity contribution in [1.82, 2.24) is 25.1 Å². The van der Waals surface area contributed by atoms with Crippen molar-refractivity contribution in [3.05, 3.63) is 77.7 Å². The first-order valence-corrected chi connectivity index (χ1v) is 9.51. The molecule has 3 heterocycles. The van der Waals surface area contributed by atoms with Gasteiger partial charge in [-0.25, -0.2) is 4.98 Å². The van der Waals surface area contributed by atoms with E-state index in [2.05, 4.69) is 20.4 Å². The molecule has 0 radical (unpaired) electrons. The summed E-state index contributed by atoms with van der Waals surface area (Å²) in [5.41, 5.74) is 1.79. The van der Waals surface area contributed by atoms with Gasteiger partial charge in [0.2, 0.25) is 0 Å². The van der Waals surface area contributed by atoms with Crippen LogP contribution >= 0.6 is 0 Å². The monoisotopic (exact) mass is 425 g/mol. The largest absolute Gasteiger partial charge is 0.416 e. The normalized spacial score (nSPS) is 11.6. The highest BCUT2D eigenvalue weighted by Crippen LogP contribution is 2.31. The lowest BCUT2D eigenvalue weighted by Gasteiger charge is -2.10. The van der Waals surface area contributed by atoms with E-state index in [1.807, 2.05) is 18.2 Å². The predicted molar refractivity (Wildman–Crippen MR) is 109 cm³/mol. The van der Waals surface area contributed by atoms with Crippen molar-refractivity contribution in [3.8, 4) is 11.3 Å². The van der Waals surface area contributed by atoms with E-state index in [9.17, 15) is 18.0 Å². The smallest absolute Gasteiger partial charge is 0.352 e. The van der Waals surface area contributed by atoms with Gasteiger partial charge in [0.25, 0.3) is 5.91 Å². The van der Waals surface area contributed by atoms with Crippen LogP contribution in [0.5, 0.6) is 0 Å². The Labute approximate surface area is 175 Å². The van der Waals surface area contributed by atoms with Crippen molar-refractivity contribution in [2.45, 2.75) is 12.6 Å². The van der Waals surface area contributed by atoms with Gasteiger partial charge in [0, 0.05) is 37.5 Å². The Morgan fingerprint density at radius 2 is 1.90 bits per heavy atom. The summed E-state index contributed by atoms with van der Waals surface area (Å²) in [6.07, 6.45) is -0.613. The number of benzene rings is 1. The van der Waals surface area contributed by atoms with Crippen LogP contribution < -0.4 is 5.32 Å². The summed E-state index contributed by atoms with van der Waals surface area (Å²) in [5.74, 6) is -0.315. The van der Waals surface area contributed by atoms with Crippen molar-refractivity contribution in [1.29, 1.82) is 0 Å². The average Bonchev–Trinajstić information content (AvgIpc) is 3.14. The minimum atomic E-state index is -4.42. The highest BCUT2D eigenvalue weighted by molar-refractivity contribution is 6.06. The van der Waals surface area contributed by atoms with Crippen LogP contribution in [-0.4, -0.2) is 32.2 Å². The number of fused-ring (bicyclic) bond motifs is 1. The summed E-state index contributed by atoms with van der Waals surface area (Å²) in [6.45, 7) is 0.384. The second kappa shape index (κ2) is 8.17. The Morgan fingerprint density at radius 1 is 1.13 bits per heavy atom. The third-order valence-electron chi connectivity index (χ3n) is 4.85. The van der Waals surface area contributed by atoms with Crippen LogP contribution in [0.25, 0.3) is 22.3 Å². The lowest BCUT2D eigenvalue weighted by atomic mass is 10.0. The van der Waals surface area contributed by atoms with Crippen molar-refractivity contribution in [2.75, 3.05) is 6.54 Å². The number of hydrogen-bond donors (Lipinski definition) is 1. The summed E-state index contributed by atoms with van der Waals surface area (Å²) in [6, 6.07) is 11.8. The molecule has 4 aromatic rings. The maximum absolute atomic E-state index is 12.9. The molecule has 1 N–H and O–H groups in total. The third-order valence-corrected chi connectivity index (χ3v) is 4.85. The van der Waals surface area contributed by atoms with Gasteiger partial charge in [0.15, 0.2) is 5.65 Å². The molecule has 0 unspecified atom stereocenters. The standard InChI is InChI=1S/C22H18F3N5O/c1-30-20-18(13-28-30)17(21(31)27-11-9-16-4-2-3-10-26-16)12-19(29-20)14-5-7-15(8-6-14)22(23,24)25/h2-8,10,12-13H,9,11H2,1H3,(H,27,31). The molecule has 0 aliphatic heterocycles. The molecule has 0 aliphatic carbocycles. The van der Waals surface area contributed by atoms with Gasteiger partial charge in [-0.1, -0.05) is 18.2 Å². The summed E-state index contributed by atoms with van der Waals surface area (Å²) >= 11 is 0. The molecule has 9 heteroatoms. The van der Waals surface area contributed by atoms with E-state index >= 15 is 0 Å². The fraction of sp³-hybridized carbons (Fsp3) is 0.182. The number of hydrogen-bond acceptors (Lipinski definition) is 4. The zero-order valence-corrected chi connectivity index (χ0v) is 16.5. The molecule has 0 fully saturated rings. The van der Waals surface area contributed by atoms with E-state index in [1.165, 1.54) is 16.8 Å². The van der Waals surface area contributed by atoms with Crippen LogP contribution in [0.3, 0.4) is 0 Å². The van der Waals surface area contributed by atoms with Crippen LogP contribution in [0.2, 0.25) is 0 Å². The number of halogens is 3. The molecular formula is C22H18F3N5O. The Kier molecular flexibility index (Phi) is 5.41. The van der Waals surface area contributed by atoms with Gasteiger partial charge in [-0.3, -0.25) is 14.5 Å². The predicted octanol–water partition coefficient (Wildman–Crippen LogP) is 4.02. The number of nitrogens with zero attached hydrogens (tertiary/aromatic N) is 4. The maximum Gasteiger partial charge on any atom is 0.416 e. The van der Waals surface area contributed by atoms with E-state index in [4.69, 9.17) is 0 Å². The van der Waals surface area contributed by atoms with E-state index in [-0.39, 0.29) is 5.91 Å². The quantitative estimate of drug-likeness (QED) is 0.524. The molecule has 0 bridgehead atoms. The number of aryl methyl sites for hydroxylation is 1. The molecule has 0 saturated carbocycles. The van der Waals surface area contributed by atoms with Crippen molar-refractivity contribution < 1.29 is 18.0 Å². The summed E-state index contributed by atoms with van der Waals surface area (Å²) in [7, 11) is 1.69. The second-order valence-electron chi connectivity index (χ2n) is 6.96. The minimum absolute atomic E-state index is 0.315. The number of carbonyl (C=O) groups excluding carboxylic acids is 1. The van der Waals surface area contributed by atoms with Crippen LogP contribution in [0.15, 0.2) is 60.9 Å². The zero-order valence-electron chi connectivity index (χ0n) is 16.5. The lowest BCUT2D eigenvalue weighted by molar-refractivity contribution is -0.137. The number of aromatic nitrogens is 4. The first-order chi connectivity index (χ1) is 14.8. The Balaban J connectivity index is 1.63. The maximum atomic E-state index is 12.9. The number of pyridine rings is 2. The molecular weight excluding hydrogens is 407 g/mol. The molecule has 0 saturated heterocycles. The molecule has 1 aromatic carbocycles. The number of amides is 1. The first-order valence-electron chi connectivity index (χ1n) is 9.51. The number of alkyl halides is 3. The molecule has 3 aromatic heterocycles.